The first kappa shape index (κ1) is 10.6. The van der Waals surface area contributed by atoms with E-state index < -0.39 is 6.10 Å². The highest BCUT2D eigenvalue weighted by Crippen LogP contribution is 2.21. The molecule has 0 spiro atoms. The fourth-order valence-electron chi connectivity index (χ4n) is 2.12. The quantitative estimate of drug-likeness (QED) is 0.773. The minimum atomic E-state index is -0.397. The highest BCUT2D eigenvalue weighted by atomic mass is 16.3. The summed E-state index contributed by atoms with van der Waals surface area (Å²) in [6, 6.07) is 3.98. The van der Waals surface area contributed by atoms with Crippen LogP contribution in [-0.2, 0) is 0 Å². The Bertz CT molecular complexity index is 281. The van der Waals surface area contributed by atoms with Gasteiger partial charge in [0, 0.05) is 18.4 Å². The van der Waals surface area contributed by atoms with E-state index in [1.165, 1.54) is 19.3 Å². The molecule has 1 fully saturated rings. The summed E-state index contributed by atoms with van der Waals surface area (Å²) in [5.41, 5.74) is 0.962. The fraction of sp³-hybridized carbons (Fsp3) is 0.583. The fourth-order valence-corrected chi connectivity index (χ4v) is 2.12. The van der Waals surface area contributed by atoms with Gasteiger partial charge in [0.2, 0.25) is 0 Å². The third-order valence-electron chi connectivity index (χ3n) is 3.03. The van der Waals surface area contributed by atoms with Gasteiger partial charge in [-0.2, -0.15) is 0 Å². The summed E-state index contributed by atoms with van der Waals surface area (Å²) >= 11 is 0. The Kier molecular flexibility index (Phi) is 3.69. The topological polar surface area (TPSA) is 45.2 Å². The van der Waals surface area contributed by atoms with Crippen LogP contribution in [0.2, 0.25) is 0 Å². The van der Waals surface area contributed by atoms with Crippen LogP contribution in [0.15, 0.2) is 24.5 Å². The molecule has 3 heteroatoms. The van der Waals surface area contributed by atoms with Gasteiger partial charge in [0.25, 0.3) is 0 Å². The molecule has 1 aliphatic rings. The zero-order valence-electron chi connectivity index (χ0n) is 8.89. The molecule has 1 aromatic heterocycles. The summed E-state index contributed by atoms with van der Waals surface area (Å²) in [5.74, 6) is 0. The van der Waals surface area contributed by atoms with Gasteiger partial charge in [0.1, 0.15) is 0 Å². The normalized spacial score (nSPS) is 24.5. The minimum Gasteiger partial charge on any atom is -0.387 e. The zero-order valence-corrected chi connectivity index (χ0v) is 8.89. The molecule has 2 rings (SSSR count). The summed E-state index contributed by atoms with van der Waals surface area (Å²) in [6.07, 6.45) is 7.83. The van der Waals surface area contributed by atoms with Crippen molar-refractivity contribution in [2.75, 3.05) is 6.54 Å². The van der Waals surface area contributed by atoms with Crippen LogP contribution in [0.3, 0.4) is 0 Å². The largest absolute Gasteiger partial charge is 0.387 e. The maximum atomic E-state index is 10.2. The van der Waals surface area contributed by atoms with Crippen LogP contribution in [0.1, 0.15) is 37.4 Å². The van der Waals surface area contributed by atoms with Crippen molar-refractivity contribution in [1.29, 1.82) is 0 Å². The van der Waals surface area contributed by atoms with E-state index in [4.69, 9.17) is 0 Å². The predicted molar refractivity (Wildman–Crippen MR) is 59.5 cm³/mol. The number of aromatic nitrogens is 1. The molecule has 1 aromatic rings. The SMILES string of the molecule is OC(c1ccncc1)C1CCCCCN1. The molecule has 0 bridgehead atoms. The first-order valence-corrected chi connectivity index (χ1v) is 5.69. The first-order chi connectivity index (χ1) is 7.38. The molecule has 2 unspecified atom stereocenters. The summed E-state index contributed by atoms with van der Waals surface area (Å²) in [4.78, 5) is 3.96. The van der Waals surface area contributed by atoms with Crippen molar-refractivity contribution in [2.45, 2.75) is 37.8 Å². The number of aliphatic hydroxyl groups is 1. The Balaban J connectivity index is 2.03. The molecule has 0 aromatic carbocycles. The second-order valence-corrected chi connectivity index (χ2v) is 4.14. The Morgan fingerprint density at radius 1 is 1.27 bits per heavy atom. The van der Waals surface area contributed by atoms with Crippen LogP contribution in [0.4, 0.5) is 0 Å². The first-order valence-electron chi connectivity index (χ1n) is 5.69. The number of hydrogen-bond donors (Lipinski definition) is 2. The summed E-state index contributed by atoms with van der Waals surface area (Å²) < 4.78 is 0. The zero-order chi connectivity index (χ0) is 10.5. The number of aliphatic hydroxyl groups excluding tert-OH is 1. The summed E-state index contributed by atoms with van der Waals surface area (Å²) in [7, 11) is 0. The van der Waals surface area contributed by atoms with Crippen LogP contribution in [-0.4, -0.2) is 22.7 Å². The monoisotopic (exact) mass is 206 g/mol. The van der Waals surface area contributed by atoms with Crippen LogP contribution in [0.5, 0.6) is 0 Å². The van der Waals surface area contributed by atoms with E-state index in [2.05, 4.69) is 10.3 Å². The Hall–Kier alpha value is -0.930. The van der Waals surface area contributed by atoms with Crippen molar-refractivity contribution < 1.29 is 5.11 Å². The lowest BCUT2D eigenvalue weighted by Crippen LogP contribution is -2.34. The van der Waals surface area contributed by atoms with E-state index in [-0.39, 0.29) is 6.04 Å². The lowest BCUT2D eigenvalue weighted by molar-refractivity contribution is 0.126. The molecule has 15 heavy (non-hydrogen) atoms. The molecule has 0 saturated carbocycles. The van der Waals surface area contributed by atoms with E-state index >= 15 is 0 Å². The molecule has 3 nitrogen and oxygen atoms in total. The highest BCUT2D eigenvalue weighted by Gasteiger charge is 2.21. The second kappa shape index (κ2) is 5.24. The van der Waals surface area contributed by atoms with Gasteiger partial charge in [-0.05, 0) is 37.1 Å². The van der Waals surface area contributed by atoms with Gasteiger partial charge in [-0.1, -0.05) is 12.8 Å². The number of pyridine rings is 1. The smallest absolute Gasteiger partial charge is 0.0944 e. The predicted octanol–water partition coefficient (Wildman–Crippen LogP) is 1.65. The minimum absolute atomic E-state index is 0.204. The molecule has 0 amide bonds. The van der Waals surface area contributed by atoms with Gasteiger partial charge >= 0.3 is 0 Å². The molecule has 0 aliphatic carbocycles. The van der Waals surface area contributed by atoms with Crippen molar-refractivity contribution in [3.63, 3.8) is 0 Å². The van der Waals surface area contributed by atoms with E-state index in [1.54, 1.807) is 12.4 Å². The Labute approximate surface area is 90.5 Å². The van der Waals surface area contributed by atoms with Crippen molar-refractivity contribution in [2.24, 2.45) is 0 Å². The highest BCUT2D eigenvalue weighted by molar-refractivity contribution is 5.15. The third-order valence-corrected chi connectivity index (χ3v) is 3.03. The molecule has 2 atom stereocenters. The number of nitrogens with zero attached hydrogens (tertiary/aromatic N) is 1. The van der Waals surface area contributed by atoms with Crippen molar-refractivity contribution in [1.82, 2.24) is 10.3 Å². The Morgan fingerprint density at radius 3 is 2.87 bits per heavy atom. The Morgan fingerprint density at radius 2 is 2.07 bits per heavy atom. The van der Waals surface area contributed by atoms with Gasteiger partial charge in [0.15, 0.2) is 0 Å². The van der Waals surface area contributed by atoms with E-state index in [9.17, 15) is 5.11 Å². The van der Waals surface area contributed by atoms with Crippen molar-refractivity contribution >= 4 is 0 Å². The molecular formula is C12H18N2O. The molecule has 2 heterocycles. The average Bonchev–Trinajstić information content (AvgIpc) is 2.58. The molecule has 1 saturated heterocycles. The van der Waals surface area contributed by atoms with Gasteiger partial charge in [-0.3, -0.25) is 4.98 Å². The van der Waals surface area contributed by atoms with Gasteiger partial charge in [0.05, 0.1) is 6.10 Å². The van der Waals surface area contributed by atoms with Crippen molar-refractivity contribution in [3.8, 4) is 0 Å². The van der Waals surface area contributed by atoms with Gasteiger partial charge < -0.3 is 10.4 Å². The lowest BCUT2D eigenvalue weighted by atomic mass is 9.99. The van der Waals surface area contributed by atoms with Gasteiger partial charge in [-0.25, -0.2) is 0 Å². The van der Waals surface area contributed by atoms with E-state index in [1.807, 2.05) is 12.1 Å². The second-order valence-electron chi connectivity index (χ2n) is 4.14. The molecule has 1 aliphatic heterocycles. The summed E-state index contributed by atoms with van der Waals surface area (Å²) in [5, 5.41) is 13.6. The van der Waals surface area contributed by atoms with Crippen molar-refractivity contribution in [3.05, 3.63) is 30.1 Å². The lowest BCUT2D eigenvalue weighted by Gasteiger charge is -2.22. The number of nitrogens with one attached hydrogen (secondary N) is 1. The van der Waals surface area contributed by atoms with E-state index in [0.717, 1.165) is 18.5 Å². The standard InChI is InChI=1S/C12H18N2O/c15-12(10-5-8-13-9-6-10)11-4-2-1-3-7-14-11/h5-6,8-9,11-12,14-15H,1-4,7H2. The van der Waals surface area contributed by atoms with Crippen LogP contribution in [0, 0.1) is 0 Å². The van der Waals surface area contributed by atoms with Crippen LogP contribution in [0.25, 0.3) is 0 Å². The van der Waals surface area contributed by atoms with Crippen LogP contribution < -0.4 is 5.32 Å². The number of hydrogen-bond acceptors (Lipinski definition) is 3. The van der Waals surface area contributed by atoms with E-state index in [0.29, 0.717) is 0 Å². The maximum absolute atomic E-state index is 10.2. The molecular weight excluding hydrogens is 188 g/mol. The average molecular weight is 206 g/mol. The molecule has 2 N–H and O–H groups in total. The molecule has 0 radical (unpaired) electrons. The maximum Gasteiger partial charge on any atom is 0.0944 e. The number of rotatable bonds is 2. The summed E-state index contributed by atoms with van der Waals surface area (Å²) in [6.45, 7) is 1.02. The third kappa shape index (κ3) is 2.76. The van der Waals surface area contributed by atoms with Gasteiger partial charge in [-0.15, -0.1) is 0 Å². The van der Waals surface area contributed by atoms with Crippen LogP contribution >= 0.6 is 0 Å². The molecule has 82 valence electrons.